The van der Waals surface area contributed by atoms with Gasteiger partial charge >= 0.3 is 0 Å². The highest BCUT2D eigenvalue weighted by Gasteiger charge is 2.04. The quantitative estimate of drug-likeness (QED) is 0.653. The maximum atomic E-state index is 10.4. The molecule has 2 heterocycles. The molecule has 0 radical (unpaired) electrons. The summed E-state index contributed by atoms with van der Waals surface area (Å²) in [7, 11) is 0. The van der Waals surface area contributed by atoms with Crippen molar-refractivity contribution in [2.24, 2.45) is 0 Å². The Kier molecular flexibility index (Phi) is 3.11. The number of aromatic nitrogens is 1. The minimum Gasteiger partial charge on any atom is -0.366 e. The zero-order valence-corrected chi connectivity index (χ0v) is 9.11. The molecule has 0 aliphatic heterocycles. The van der Waals surface area contributed by atoms with Crippen LogP contribution in [0.2, 0.25) is 0 Å². The van der Waals surface area contributed by atoms with Crippen molar-refractivity contribution in [1.82, 2.24) is 4.98 Å². The minimum atomic E-state index is -0.463. The summed E-state index contributed by atoms with van der Waals surface area (Å²) in [4.78, 5) is 13.9. The molecule has 82 valence electrons. The van der Waals surface area contributed by atoms with Crippen LogP contribution in [0.5, 0.6) is 0 Å². The van der Waals surface area contributed by atoms with Crippen LogP contribution in [0.15, 0.2) is 35.2 Å². The van der Waals surface area contributed by atoms with Crippen LogP contribution in [0.4, 0.5) is 11.5 Å². The van der Waals surface area contributed by atoms with Crippen LogP contribution >= 0.6 is 11.3 Å². The van der Waals surface area contributed by atoms with E-state index >= 15 is 0 Å². The normalized spacial score (nSPS) is 10.0. The van der Waals surface area contributed by atoms with E-state index in [1.807, 2.05) is 16.8 Å². The molecule has 0 aliphatic rings. The molecule has 1 N–H and O–H groups in total. The number of thiophene rings is 1. The Hall–Kier alpha value is -1.95. The molecule has 0 aromatic carbocycles. The van der Waals surface area contributed by atoms with Gasteiger partial charge in [0.15, 0.2) is 0 Å². The van der Waals surface area contributed by atoms with Crippen LogP contribution < -0.4 is 5.32 Å². The Morgan fingerprint density at radius 1 is 1.44 bits per heavy atom. The van der Waals surface area contributed by atoms with E-state index in [9.17, 15) is 10.1 Å². The van der Waals surface area contributed by atoms with E-state index in [2.05, 4.69) is 10.3 Å². The van der Waals surface area contributed by atoms with Crippen molar-refractivity contribution in [2.45, 2.75) is 6.54 Å². The van der Waals surface area contributed by atoms with Gasteiger partial charge in [-0.05, 0) is 28.5 Å². The summed E-state index contributed by atoms with van der Waals surface area (Å²) in [5.74, 6) is 0.636. The first kappa shape index (κ1) is 10.6. The van der Waals surface area contributed by atoms with E-state index < -0.39 is 4.92 Å². The average Bonchev–Trinajstić information content (AvgIpc) is 2.80. The lowest BCUT2D eigenvalue weighted by Gasteiger charge is -2.02. The number of hydrogen-bond acceptors (Lipinski definition) is 5. The molecule has 6 heteroatoms. The number of nitrogens with one attached hydrogen (secondary N) is 1. The third-order valence-electron chi connectivity index (χ3n) is 2.01. The zero-order chi connectivity index (χ0) is 11.4. The Morgan fingerprint density at radius 2 is 2.31 bits per heavy atom. The number of nitrogens with zero attached hydrogens (tertiary/aromatic N) is 2. The summed E-state index contributed by atoms with van der Waals surface area (Å²) >= 11 is 1.63. The third kappa shape index (κ3) is 2.54. The molecule has 0 saturated heterocycles. The van der Waals surface area contributed by atoms with Gasteiger partial charge in [-0.25, -0.2) is 4.98 Å². The Bertz CT molecular complexity index is 467. The molecule has 16 heavy (non-hydrogen) atoms. The van der Waals surface area contributed by atoms with Gasteiger partial charge in [-0.1, -0.05) is 0 Å². The van der Waals surface area contributed by atoms with Crippen molar-refractivity contribution in [3.8, 4) is 0 Å². The fourth-order valence-electron chi connectivity index (χ4n) is 1.18. The molecular formula is C10H9N3O2S. The van der Waals surface area contributed by atoms with Crippen LogP contribution in [0.3, 0.4) is 0 Å². The van der Waals surface area contributed by atoms with Crippen LogP contribution in [-0.4, -0.2) is 9.91 Å². The number of nitro groups is 1. The van der Waals surface area contributed by atoms with Crippen molar-refractivity contribution in [2.75, 3.05) is 5.32 Å². The van der Waals surface area contributed by atoms with Gasteiger partial charge < -0.3 is 5.32 Å². The van der Waals surface area contributed by atoms with E-state index in [1.54, 1.807) is 17.4 Å². The smallest absolute Gasteiger partial charge is 0.287 e. The van der Waals surface area contributed by atoms with Gasteiger partial charge in [0, 0.05) is 12.6 Å². The van der Waals surface area contributed by atoms with Gasteiger partial charge in [0.25, 0.3) is 5.69 Å². The number of pyridine rings is 1. The average molecular weight is 235 g/mol. The highest BCUT2D eigenvalue weighted by molar-refractivity contribution is 7.07. The fourth-order valence-corrected chi connectivity index (χ4v) is 1.85. The first-order valence-corrected chi connectivity index (χ1v) is 5.55. The van der Waals surface area contributed by atoms with Gasteiger partial charge in [-0.3, -0.25) is 10.1 Å². The molecule has 2 aromatic heterocycles. The van der Waals surface area contributed by atoms with E-state index in [1.165, 1.54) is 17.8 Å². The summed E-state index contributed by atoms with van der Waals surface area (Å²) < 4.78 is 0. The second kappa shape index (κ2) is 4.71. The zero-order valence-electron chi connectivity index (χ0n) is 8.29. The second-order valence-corrected chi connectivity index (χ2v) is 3.92. The molecule has 0 spiro atoms. The van der Waals surface area contributed by atoms with E-state index in [0.29, 0.717) is 12.4 Å². The lowest BCUT2D eigenvalue weighted by molar-refractivity contribution is -0.385. The number of rotatable bonds is 4. The molecule has 2 rings (SSSR count). The molecule has 0 fully saturated rings. The van der Waals surface area contributed by atoms with Crippen LogP contribution in [0, 0.1) is 10.1 Å². The summed E-state index contributed by atoms with van der Waals surface area (Å²) in [6, 6.07) is 5.05. The predicted molar refractivity (Wildman–Crippen MR) is 62.5 cm³/mol. The van der Waals surface area contributed by atoms with Crippen LogP contribution in [0.1, 0.15) is 5.56 Å². The largest absolute Gasteiger partial charge is 0.366 e. The SMILES string of the molecule is O=[N+]([O-])c1ccc(NCc2ccsc2)nc1. The highest BCUT2D eigenvalue weighted by Crippen LogP contribution is 2.13. The third-order valence-corrected chi connectivity index (χ3v) is 2.74. The molecule has 0 unspecified atom stereocenters. The summed E-state index contributed by atoms with van der Waals surface area (Å²) in [5.41, 5.74) is 1.17. The van der Waals surface area contributed by atoms with Crippen molar-refractivity contribution >= 4 is 22.8 Å². The van der Waals surface area contributed by atoms with Gasteiger partial charge in [0.2, 0.25) is 0 Å². The minimum absolute atomic E-state index is 0.00100. The predicted octanol–water partition coefficient (Wildman–Crippen LogP) is 2.66. The molecule has 2 aromatic rings. The molecule has 5 nitrogen and oxygen atoms in total. The summed E-state index contributed by atoms with van der Waals surface area (Å²) in [5, 5.41) is 17.5. The van der Waals surface area contributed by atoms with Crippen molar-refractivity contribution in [1.29, 1.82) is 0 Å². The Morgan fingerprint density at radius 3 is 2.88 bits per heavy atom. The fraction of sp³-hybridized carbons (Fsp3) is 0.100. The summed E-state index contributed by atoms with van der Waals surface area (Å²) in [6.45, 7) is 0.675. The first-order chi connectivity index (χ1) is 7.75. The van der Waals surface area contributed by atoms with Crippen molar-refractivity contribution in [3.05, 3.63) is 50.8 Å². The number of anilines is 1. The van der Waals surface area contributed by atoms with E-state index in [0.717, 1.165) is 0 Å². The van der Waals surface area contributed by atoms with E-state index in [4.69, 9.17) is 0 Å². The first-order valence-electron chi connectivity index (χ1n) is 4.61. The Balaban J connectivity index is 1.98. The molecule has 0 bridgehead atoms. The standard InChI is InChI=1S/C10H9N3O2S/c14-13(15)9-1-2-10(12-6-9)11-5-8-3-4-16-7-8/h1-4,6-7H,5H2,(H,11,12). The number of hydrogen-bond donors (Lipinski definition) is 1. The topological polar surface area (TPSA) is 68.1 Å². The molecular weight excluding hydrogens is 226 g/mol. The van der Waals surface area contributed by atoms with Gasteiger partial charge in [0.1, 0.15) is 12.0 Å². The van der Waals surface area contributed by atoms with Gasteiger partial charge in [0.05, 0.1) is 4.92 Å². The monoisotopic (exact) mass is 235 g/mol. The van der Waals surface area contributed by atoms with E-state index in [-0.39, 0.29) is 5.69 Å². The molecule has 0 saturated carbocycles. The molecule has 0 aliphatic carbocycles. The lowest BCUT2D eigenvalue weighted by atomic mass is 10.3. The van der Waals surface area contributed by atoms with Crippen LogP contribution in [-0.2, 0) is 6.54 Å². The van der Waals surface area contributed by atoms with Crippen molar-refractivity contribution < 1.29 is 4.92 Å². The maximum Gasteiger partial charge on any atom is 0.287 e. The van der Waals surface area contributed by atoms with Gasteiger partial charge in [-0.2, -0.15) is 11.3 Å². The summed E-state index contributed by atoms with van der Waals surface area (Å²) in [6.07, 6.45) is 1.25. The lowest BCUT2D eigenvalue weighted by Crippen LogP contribution is -2.00. The van der Waals surface area contributed by atoms with Crippen LogP contribution in [0.25, 0.3) is 0 Å². The second-order valence-electron chi connectivity index (χ2n) is 3.14. The highest BCUT2D eigenvalue weighted by atomic mass is 32.1. The molecule has 0 amide bonds. The molecule has 0 atom stereocenters. The Labute approximate surface area is 95.9 Å². The maximum absolute atomic E-state index is 10.4. The van der Waals surface area contributed by atoms with Gasteiger partial charge in [-0.15, -0.1) is 0 Å². The van der Waals surface area contributed by atoms with Crippen molar-refractivity contribution in [3.63, 3.8) is 0 Å².